The van der Waals surface area contributed by atoms with Gasteiger partial charge < -0.3 is 20.1 Å². The monoisotopic (exact) mass is 414 g/mol. The molecule has 0 unspecified atom stereocenters. The van der Waals surface area contributed by atoms with Crippen molar-refractivity contribution in [1.82, 2.24) is 0 Å². The van der Waals surface area contributed by atoms with Crippen molar-refractivity contribution in [3.05, 3.63) is 83.1 Å². The molecule has 0 radical (unpaired) electrons. The second-order valence-electron chi connectivity index (χ2n) is 6.16. The Morgan fingerprint density at radius 3 is 2.52 bits per heavy atom. The van der Waals surface area contributed by atoms with Crippen LogP contribution in [-0.4, -0.2) is 19.6 Å². The van der Waals surface area contributed by atoms with Gasteiger partial charge in [-0.25, -0.2) is 4.39 Å². The molecule has 0 heterocycles. The zero-order valence-electron chi connectivity index (χ0n) is 15.7. The van der Waals surface area contributed by atoms with Crippen LogP contribution in [0.2, 0.25) is 5.02 Å². The minimum absolute atomic E-state index is 0.104. The number of ether oxygens (including phenoxy) is 2. The number of hydrogen-bond acceptors (Lipinski definition) is 4. The minimum atomic E-state index is -0.507. The Hall–Kier alpha value is -3.25. The van der Waals surface area contributed by atoms with Gasteiger partial charge in [0.05, 0.1) is 17.8 Å². The van der Waals surface area contributed by atoms with Gasteiger partial charge in [0.2, 0.25) is 0 Å². The quantitative estimate of drug-likeness (QED) is 0.537. The third kappa shape index (κ3) is 5.86. The molecule has 3 aromatic rings. The average molecular weight is 415 g/mol. The summed E-state index contributed by atoms with van der Waals surface area (Å²) in [7, 11) is 1.62. The molecule has 3 aromatic carbocycles. The van der Waals surface area contributed by atoms with E-state index in [-0.39, 0.29) is 12.3 Å². The lowest BCUT2D eigenvalue weighted by Gasteiger charge is -2.11. The number of nitrogens with one attached hydrogen (secondary N) is 2. The molecule has 0 aliphatic rings. The summed E-state index contributed by atoms with van der Waals surface area (Å²) < 4.78 is 24.2. The maximum atomic E-state index is 13.6. The maximum Gasteiger partial charge on any atom is 0.262 e. The number of carbonyl (C=O) groups excluding carboxylic acids is 1. The molecule has 0 atom stereocenters. The first-order valence-corrected chi connectivity index (χ1v) is 9.26. The van der Waals surface area contributed by atoms with Crippen molar-refractivity contribution in [3.8, 4) is 11.5 Å². The number of anilines is 2. The number of carbonyl (C=O) groups is 1. The zero-order chi connectivity index (χ0) is 20.6. The fraction of sp³-hybridized carbons (Fsp3) is 0.136. The Kier molecular flexibility index (Phi) is 6.92. The zero-order valence-corrected chi connectivity index (χ0v) is 16.5. The van der Waals surface area contributed by atoms with Gasteiger partial charge in [-0.3, -0.25) is 4.79 Å². The number of methoxy groups -OCH3 is 1. The van der Waals surface area contributed by atoms with Crippen LogP contribution in [0.25, 0.3) is 0 Å². The van der Waals surface area contributed by atoms with E-state index >= 15 is 0 Å². The molecule has 0 saturated carbocycles. The Bertz CT molecular complexity index is 980. The molecule has 0 saturated heterocycles. The van der Waals surface area contributed by atoms with E-state index in [1.54, 1.807) is 31.4 Å². The molecular formula is C22H20ClFN2O3. The first-order valence-electron chi connectivity index (χ1n) is 8.88. The highest BCUT2D eigenvalue weighted by molar-refractivity contribution is 6.32. The van der Waals surface area contributed by atoms with Crippen LogP contribution in [0.1, 0.15) is 5.56 Å². The maximum absolute atomic E-state index is 13.6. The third-order valence-electron chi connectivity index (χ3n) is 4.09. The highest BCUT2D eigenvalue weighted by Crippen LogP contribution is 2.26. The molecule has 0 fully saturated rings. The van der Waals surface area contributed by atoms with Gasteiger partial charge >= 0.3 is 0 Å². The second kappa shape index (κ2) is 9.80. The highest BCUT2D eigenvalue weighted by atomic mass is 35.5. The molecule has 3 rings (SSSR count). The Morgan fingerprint density at radius 1 is 1.07 bits per heavy atom. The smallest absolute Gasteiger partial charge is 0.262 e. The number of amides is 1. The summed E-state index contributed by atoms with van der Waals surface area (Å²) in [5.41, 5.74) is 2.01. The van der Waals surface area contributed by atoms with E-state index in [0.717, 1.165) is 17.0 Å². The van der Waals surface area contributed by atoms with Crippen molar-refractivity contribution in [3.63, 3.8) is 0 Å². The number of hydrogen-bond donors (Lipinski definition) is 2. The van der Waals surface area contributed by atoms with Crippen LogP contribution < -0.4 is 20.1 Å². The molecule has 0 aliphatic carbocycles. The number of rotatable bonds is 8. The lowest BCUT2D eigenvalue weighted by molar-refractivity contribution is -0.118. The Balaban J connectivity index is 1.52. The predicted molar refractivity (Wildman–Crippen MR) is 112 cm³/mol. The van der Waals surface area contributed by atoms with E-state index in [9.17, 15) is 9.18 Å². The fourth-order valence-corrected chi connectivity index (χ4v) is 2.83. The molecule has 2 N–H and O–H groups in total. The van der Waals surface area contributed by atoms with Gasteiger partial charge in [0, 0.05) is 12.2 Å². The summed E-state index contributed by atoms with van der Waals surface area (Å²) in [6.07, 6.45) is 0. The standard InChI is InChI=1S/C22H20ClFN2O3/c1-28-17-9-7-16(8-10-17)25-13-15-6-11-21(18(23)12-15)29-14-22(27)26-20-5-3-2-4-19(20)24/h2-12,25H,13-14H2,1H3,(H,26,27). The van der Waals surface area contributed by atoms with Gasteiger partial charge in [-0.2, -0.15) is 0 Å². The van der Waals surface area contributed by atoms with Crippen molar-refractivity contribution in [1.29, 1.82) is 0 Å². The summed E-state index contributed by atoms with van der Waals surface area (Å²) in [5.74, 6) is 0.187. The van der Waals surface area contributed by atoms with Crippen LogP contribution in [0.4, 0.5) is 15.8 Å². The lowest BCUT2D eigenvalue weighted by atomic mass is 10.2. The normalized spacial score (nSPS) is 10.3. The van der Waals surface area contributed by atoms with Crippen molar-refractivity contribution < 1.29 is 18.7 Å². The number of para-hydroxylation sites is 1. The summed E-state index contributed by atoms with van der Waals surface area (Å²) in [6, 6.07) is 18.8. The molecule has 7 heteroatoms. The number of halogens is 2. The molecule has 5 nitrogen and oxygen atoms in total. The van der Waals surface area contributed by atoms with E-state index in [0.29, 0.717) is 17.3 Å². The largest absolute Gasteiger partial charge is 0.497 e. The van der Waals surface area contributed by atoms with Gasteiger partial charge in [0.15, 0.2) is 6.61 Å². The van der Waals surface area contributed by atoms with Crippen LogP contribution in [0, 0.1) is 5.82 Å². The van der Waals surface area contributed by atoms with Crippen molar-refractivity contribution in [2.45, 2.75) is 6.54 Å². The van der Waals surface area contributed by atoms with Crippen LogP contribution in [0.15, 0.2) is 66.7 Å². The average Bonchev–Trinajstić information content (AvgIpc) is 2.73. The molecule has 0 aliphatic heterocycles. The lowest BCUT2D eigenvalue weighted by Crippen LogP contribution is -2.20. The van der Waals surface area contributed by atoms with Gasteiger partial charge in [-0.05, 0) is 54.1 Å². The van der Waals surface area contributed by atoms with Gasteiger partial charge in [-0.15, -0.1) is 0 Å². The van der Waals surface area contributed by atoms with Gasteiger partial charge in [0.1, 0.15) is 17.3 Å². The van der Waals surface area contributed by atoms with E-state index < -0.39 is 11.7 Å². The topological polar surface area (TPSA) is 59.6 Å². The third-order valence-corrected chi connectivity index (χ3v) is 4.39. The molecule has 1 amide bonds. The molecule has 150 valence electrons. The van der Waals surface area contributed by atoms with E-state index in [4.69, 9.17) is 21.1 Å². The van der Waals surface area contributed by atoms with Crippen molar-refractivity contribution >= 4 is 28.9 Å². The molecule has 0 aromatic heterocycles. The Labute approximate surface area is 173 Å². The fourth-order valence-electron chi connectivity index (χ4n) is 2.58. The van der Waals surface area contributed by atoms with Gasteiger partial charge in [-0.1, -0.05) is 29.8 Å². The summed E-state index contributed by atoms with van der Waals surface area (Å²) >= 11 is 6.26. The van der Waals surface area contributed by atoms with Crippen molar-refractivity contribution in [2.75, 3.05) is 24.4 Å². The molecular weight excluding hydrogens is 395 g/mol. The minimum Gasteiger partial charge on any atom is -0.497 e. The SMILES string of the molecule is COc1ccc(NCc2ccc(OCC(=O)Nc3ccccc3F)c(Cl)c2)cc1. The first-order chi connectivity index (χ1) is 14.0. The van der Waals surface area contributed by atoms with Gasteiger partial charge in [0.25, 0.3) is 5.91 Å². The Morgan fingerprint density at radius 2 is 1.83 bits per heavy atom. The van der Waals surface area contributed by atoms with E-state index in [2.05, 4.69) is 10.6 Å². The van der Waals surface area contributed by atoms with E-state index in [1.165, 1.54) is 12.1 Å². The van der Waals surface area contributed by atoms with E-state index in [1.807, 2.05) is 30.3 Å². The molecule has 0 bridgehead atoms. The van der Waals surface area contributed by atoms with Crippen LogP contribution in [0.3, 0.4) is 0 Å². The summed E-state index contributed by atoms with van der Waals surface area (Å²) in [5, 5.41) is 6.13. The molecule has 0 spiro atoms. The van der Waals surface area contributed by atoms with Crippen molar-refractivity contribution in [2.24, 2.45) is 0 Å². The summed E-state index contributed by atoms with van der Waals surface area (Å²) in [4.78, 5) is 12.0. The first kappa shape index (κ1) is 20.5. The van der Waals surface area contributed by atoms with Crippen LogP contribution in [-0.2, 0) is 11.3 Å². The molecule has 29 heavy (non-hydrogen) atoms. The van der Waals surface area contributed by atoms with Crippen LogP contribution in [0.5, 0.6) is 11.5 Å². The van der Waals surface area contributed by atoms with Crippen LogP contribution >= 0.6 is 11.6 Å². The number of benzene rings is 3. The predicted octanol–water partition coefficient (Wildman–Crippen LogP) is 5.12. The second-order valence-corrected chi connectivity index (χ2v) is 6.57. The summed E-state index contributed by atoms with van der Waals surface area (Å²) in [6.45, 7) is 0.289. The highest BCUT2D eigenvalue weighted by Gasteiger charge is 2.09.